The number of carbonyl (C=O) groups is 3. The molecule has 2 amide bonds. The largest absolute Gasteiger partial charge is 0.481 e. The van der Waals surface area contributed by atoms with E-state index in [0.717, 1.165) is 17.7 Å². The van der Waals surface area contributed by atoms with Gasteiger partial charge in [0.2, 0.25) is 11.8 Å². The van der Waals surface area contributed by atoms with Crippen LogP contribution >= 0.6 is 0 Å². The van der Waals surface area contributed by atoms with Crippen molar-refractivity contribution < 1.29 is 19.5 Å². The fraction of sp³-hybridized carbons (Fsp3) is 0.438. The smallest absolute Gasteiger partial charge is 0.303 e. The summed E-state index contributed by atoms with van der Waals surface area (Å²) < 4.78 is 0. The van der Waals surface area contributed by atoms with Gasteiger partial charge in [0.05, 0.1) is 12.3 Å². The van der Waals surface area contributed by atoms with Crippen molar-refractivity contribution in [2.75, 3.05) is 18.4 Å². The van der Waals surface area contributed by atoms with Gasteiger partial charge < -0.3 is 15.3 Å². The number of anilines is 1. The van der Waals surface area contributed by atoms with E-state index in [9.17, 15) is 14.4 Å². The molecule has 0 aliphatic carbocycles. The molecule has 0 aromatic heterocycles. The third kappa shape index (κ3) is 2.68. The Morgan fingerprint density at radius 3 is 2.82 bits per heavy atom. The second-order valence-corrected chi connectivity index (χ2v) is 5.84. The summed E-state index contributed by atoms with van der Waals surface area (Å²) in [7, 11) is 0. The Morgan fingerprint density at radius 2 is 2.05 bits per heavy atom. The van der Waals surface area contributed by atoms with Crippen molar-refractivity contribution in [2.45, 2.75) is 25.2 Å². The number of nitrogens with one attached hydrogen (secondary N) is 1. The summed E-state index contributed by atoms with van der Waals surface area (Å²) in [6.45, 7) is 1.11. The highest BCUT2D eigenvalue weighted by molar-refractivity contribution is 6.03. The van der Waals surface area contributed by atoms with Gasteiger partial charge in [-0.1, -0.05) is 18.2 Å². The standard InChI is InChI=1S/C16H18N2O4/c19-13(5-6-14(20)21)18-8-7-10(9-18)15-11-3-1-2-4-12(11)17-16(15)22/h1-4,10,15H,5-9H2,(H,17,22)(H,20,21). The molecule has 2 aliphatic rings. The number of fused-ring (bicyclic) bond motifs is 1. The highest BCUT2D eigenvalue weighted by atomic mass is 16.4. The molecule has 3 rings (SSSR count). The molecule has 1 saturated heterocycles. The molecule has 22 heavy (non-hydrogen) atoms. The van der Waals surface area contributed by atoms with Crippen LogP contribution in [0, 0.1) is 5.92 Å². The highest BCUT2D eigenvalue weighted by Gasteiger charge is 2.40. The number of carboxylic acids is 1. The molecule has 2 heterocycles. The second-order valence-electron chi connectivity index (χ2n) is 5.84. The Hall–Kier alpha value is -2.37. The predicted molar refractivity (Wildman–Crippen MR) is 79.4 cm³/mol. The Balaban J connectivity index is 1.67. The maximum atomic E-state index is 12.2. The lowest BCUT2D eigenvalue weighted by atomic mass is 9.86. The molecule has 0 saturated carbocycles. The minimum atomic E-state index is -0.965. The van der Waals surface area contributed by atoms with Gasteiger partial charge in [0.1, 0.15) is 0 Å². The van der Waals surface area contributed by atoms with Gasteiger partial charge in [-0.05, 0) is 24.0 Å². The molecule has 1 aromatic rings. The number of rotatable bonds is 4. The number of hydrogen-bond acceptors (Lipinski definition) is 3. The number of nitrogens with zero attached hydrogens (tertiary/aromatic N) is 1. The summed E-state index contributed by atoms with van der Waals surface area (Å²) in [6, 6.07) is 7.64. The average molecular weight is 302 g/mol. The predicted octanol–water partition coefficient (Wildman–Crippen LogP) is 1.44. The quantitative estimate of drug-likeness (QED) is 0.881. The summed E-state index contributed by atoms with van der Waals surface area (Å²) in [6.07, 6.45) is 0.646. The Morgan fingerprint density at radius 1 is 1.27 bits per heavy atom. The van der Waals surface area contributed by atoms with Gasteiger partial charge >= 0.3 is 5.97 Å². The van der Waals surface area contributed by atoms with E-state index in [1.165, 1.54) is 0 Å². The first kappa shape index (κ1) is 14.6. The summed E-state index contributed by atoms with van der Waals surface area (Å²) in [5, 5.41) is 11.5. The first-order chi connectivity index (χ1) is 10.6. The van der Waals surface area contributed by atoms with Crippen molar-refractivity contribution in [2.24, 2.45) is 5.92 Å². The molecule has 1 aromatic carbocycles. The van der Waals surface area contributed by atoms with Crippen LogP contribution in [0.15, 0.2) is 24.3 Å². The van der Waals surface area contributed by atoms with Crippen LogP contribution in [0.5, 0.6) is 0 Å². The number of hydrogen-bond donors (Lipinski definition) is 2. The topological polar surface area (TPSA) is 86.7 Å². The Bertz CT molecular complexity index is 628. The van der Waals surface area contributed by atoms with E-state index < -0.39 is 5.97 Å². The number of benzene rings is 1. The minimum absolute atomic E-state index is 0.00830. The number of likely N-dealkylation sites (tertiary alicyclic amines) is 1. The zero-order valence-electron chi connectivity index (χ0n) is 12.1. The SMILES string of the molecule is O=C(O)CCC(=O)N1CCC(C2C(=O)Nc3ccccc32)C1. The van der Waals surface area contributed by atoms with Crippen LogP contribution in [0.25, 0.3) is 0 Å². The third-order valence-corrected chi connectivity index (χ3v) is 4.44. The molecular weight excluding hydrogens is 284 g/mol. The van der Waals surface area contributed by atoms with Crippen molar-refractivity contribution >= 4 is 23.5 Å². The molecule has 0 bridgehead atoms. The van der Waals surface area contributed by atoms with Crippen LogP contribution in [-0.2, 0) is 14.4 Å². The van der Waals surface area contributed by atoms with Crippen molar-refractivity contribution in [1.82, 2.24) is 4.90 Å². The molecule has 2 aliphatic heterocycles. The van der Waals surface area contributed by atoms with Crippen molar-refractivity contribution in [1.29, 1.82) is 0 Å². The van der Waals surface area contributed by atoms with Crippen LogP contribution in [0.4, 0.5) is 5.69 Å². The summed E-state index contributed by atoms with van der Waals surface area (Å²) in [5.41, 5.74) is 1.85. The maximum Gasteiger partial charge on any atom is 0.303 e. The van der Waals surface area contributed by atoms with E-state index in [1.54, 1.807) is 4.90 Å². The normalized spacial score (nSPS) is 23.3. The first-order valence-electron chi connectivity index (χ1n) is 7.45. The zero-order chi connectivity index (χ0) is 15.7. The number of carboxylic acid groups (broad SMARTS) is 1. The molecule has 2 atom stereocenters. The van der Waals surface area contributed by atoms with Crippen molar-refractivity contribution in [3.63, 3.8) is 0 Å². The van der Waals surface area contributed by atoms with Crippen LogP contribution in [-0.4, -0.2) is 40.9 Å². The third-order valence-electron chi connectivity index (χ3n) is 4.44. The average Bonchev–Trinajstić information content (AvgIpc) is 3.07. The molecule has 1 fully saturated rings. The van der Waals surface area contributed by atoms with Gasteiger partial charge in [0.25, 0.3) is 0 Å². The summed E-state index contributed by atoms with van der Waals surface area (Å²) >= 11 is 0. The van der Waals surface area contributed by atoms with Crippen molar-refractivity contribution in [3.8, 4) is 0 Å². The van der Waals surface area contributed by atoms with E-state index in [-0.39, 0.29) is 36.5 Å². The van der Waals surface area contributed by atoms with Gasteiger partial charge in [-0.25, -0.2) is 0 Å². The fourth-order valence-electron chi connectivity index (χ4n) is 3.36. The molecule has 6 nitrogen and oxygen atoms in total. The van der Waals surface area contributed by atoms with Crippen molar-refractivity contribution in [3.05, 3.63) is 29.8 Å². The number of amides is 2. The lowest BCUT2D eigenvalue weighted by Crippen LogP contribution is -2.30. The minimum Gasteiger partial charge on any atom is -0.481 e. The van der Waals surface area contributed by atoms with E-state index in [2.05, 4.69) is 5.32 Å². The molecule has 6 heteroatoms. The Kier molecular flexibility index (Phi) is 3.83. The highest BCUT2D eigenvalue weighted by Crippen LogP contribution is 2.40. The fourth-order valence-corrected chi connectivity index (χ4v) is 3.36. The van der Waals surface area contributed by atoms with Gasteiger partial charge in [-0.3, -0.25) is 14.4 Å². The number of carbonyl (C=O) groups excluding carboxylic acids is 2. The monoisotopic (exact) mass is 302 g/mol. The maximum absolute atomic E-state index is 12.2. The van der Waals surface area contributed by atoms with Crippen LogP contribution in [0.2, 0.25) is 0 Å². The van der Waals surface area contributed by atoms with E-state index >= 15 is 0 Å². The lowest BCUT2D eigenvalue weighted by Gasteiger charge is -2.19. The molecular formula is C16H18N2O4. The number of aliphatic carboxylic acids is 1. The molecule has 116 valence electrons. The molecule has 0 radical (unpaired) electrons. The van der Waals surface area contributed by atoms with E-state index in [4.69, 9.17) is 5.11 Å². The van der Waals surface area contributed by atoms with Gasteiger partial charge in [0, 0.05) is 25.2 Å². The summed E-state index contributed by atoms with van der Waals surface area (Å²) in [5.74, 6) is -1.23. The molecule has 2 unspecified atom stereocenters. The van der Waals surface area contributed by atoms with E-state index in [0.29, 0.717) is 13.1 Å². The van der Waals surface area contributed by atoms with Gasteiger partial charge in [0.15, 0.2) is 0 Å². The molecule has 2 N–H and O–H groups in total. The second kappa shape index (κ2) is 5.79. The number of para-hydroxylation sites is 1. The lowest BCUT2D eigenvalue weighted by molar-refractivity contribution is -0.140. The zero-order valence-corrected chi connectivity index (χ0v) is 12.1. The van der Waals surface area contributed by atoms with Crippen LogP contribution in [0.1, 0.15) is 30.7 Å². The first-order valence-corrected chi connectivity index (χ1v) is 7.45. The van der Waals surface area contributed by atoms with Gasteiger partial charge in [-0.15, -0.1) is 0 Å². The molecule has 0 spiro atoms. The van der Waals surface area contributed by atoms with E-state index in [1.807, 2.05) is 24.3 Å². The van der Waals surface area contributed by atoms with Crippen LogP contribution < -0.4 is 5.32 Å². The summed E-state index contributed by atoms with van der Waals surface area (Å²) in [4.78, 5) is 36.4. The van der Waals surface area contributed by atoms with Gasteiger partial charge in [-0.2, -0.15) is 0 Å². The van der Waals surface area contributed by atoms with Crippen LogP contribution in [0.3, 0.4) is 0 Å². The Labute approximate surface area is 128 Å².